The number of rotatable bonds is 4. The van der Waals surface area contributed by atoms with Crippen molar-refractivity contribution in [2.24, 2.45) is 0 Å². The SMILES string of the molecule is C=CCNCc1ccsc1. The first-order chi connectivity index (χ1) is 4.93. The Bertz CT molecular complexity index is 179. The van der Waals surface area contributed by atoms with Crippen molar-refractivity contribution >= 4 is 11.3 Å². The van der Waals surface area contributed by atoms with E-state index in [4.69, 9.17) is 0 Å². The summed E-state index contributed by atoms with van der Waals surface area (Å²) in [6, 6.07) is 2.13. The van der Waals surface area contributed by atoms with E-state index in [-0.39, 0.29) is 0 Å². The molecule has 0 amide bonds. The number of hydrogen-bond acceptors (Lipinski definition) is 2. The summed E-state index contributed by atoms with van der Waals surface area (Å²) in [6.07, 6.45) is 1.87. The normalized spacial score (nSPS) is 9.60. The molecule has 1 heterocycles. The topological polar surface area (TPSA) is 12.0 Å². The molecule has 0 saturated heterocycles. The number of thiophene rings is 1. The van der Waals surface area contributed by atoms with E-state index in [1.165, 1.54) is 5.56 Å². The van der Waals surface area contributed by atoms with Crippen LogP contribution in [0.5, 0.6) is 0 Å². The van der Waals surface area contributed by atoms with Gasteiger partial charge in [0.1, 0.15) is 0 Å². The predicted octanol–water partition coefficient (Wildman–Crippen LogP) is 2.02. The van der Waals surface area contributed by atoms with Crippen molar-refractivity contribution in [2.45, 2.75) is 6.54 Å². The van der Waals surface area contributed by atoms with Gasteiger partial charge in [-0.25, -0.2) is 0 Å². The van der Waals surface area contributed by atoms with Gasteiger partial charge in [0.15, 0.2) is 0 Å². The molecule has 0 radical (unpaired) electrons. The zero-order valence-electron chi connectivity index (χ0n) is 5.84. The molecule has 1 nitrogen and oxygen atoms in total. The highest BCUT2D eigenvalue weighted by Gasteiger charge is 1.88. The van der Waals surface area contributed by atoms with Crippen LogP contribution in [-0.2, 0) is 6.54 Å². The molecule has 0 fully saturated rings. The van der Waals surface area contributed by atoms with E-state index in [1.54, 1.807) is 11.3 Å². The van der Waals surface area contributed by atoms with Crippen molar-refractivity contribution < 1.29 is 0 Å². The molecular formula is C8H11NS. The lowest BCUT2D eigenvalue weighted by molar-refractivity contribution is 0.763. The Hall–Kier alpha value is -0.600. The van der Waals surface area contributed by atoms with E-state index < -0.39 is 0 Å². The van der Waals surface area contributed by atoms with Crippen LogP contribution in [0.3, 0.4) is 0 Å². The highest BCUT2D eigenvalue weighted by molar-refractivity contribution is 7.07. The quantitative estimate of drug-likeness (QED) is 0.515. The van der Waals surface area contributed by atoms with Crippen LogP contribution in [0.2, 0.25) is 0 Å². The second kappa shape index (κ2) is 4.25. The molecule has 1 aromatic rings. The van der Waals surface area contributed by atoms with Crippen molar-refractivity contribution in [3.05, 3.63) is 35.0 Å². The van der Waals surface area contributed by atoms with Gasteiger partial charge < -0.3 is 5.32 Å². The first-order valence-electron chi connectivity index (χ1n) is 3.26. The van der Waals surface area contributed by atoms with Crippen LogP contribution < -0.4 is 5.32 Å². The smallest absolute Gasteiger partial charge is 0.0216 e. The van der Waals surface area contributed by atoms with E-state index in [1.807, 2.05) is 6.08 Å². The van der Waals surface area contributed by atoms with Crippen LogP contribution in [0.1, 0.15) is 5.56 Å². The predicted molar refractivity (Wildman–Crippen MR) is 46.2 cm³/mol. The van der Waals surface area contributed by atoms with Crippen LogP contribution >= 0.6 is 11.3 Å². The third kappa shape index (κ3) is 2.33. The Morgan fingerprint density at radius 2 is 2.60 bits per heavy atom. The number of hydrogen-bond donors (Lipinski definition) is 1. The van der Waals surface area contributed by atoms with Gasteiger partial charge in [0.2, 0.25) is 0 Å². The molecule has 0 atom stereocenters. The van der Waals surface area contributed by atoms with Crippen LogP contribution in [-0.4, -0.2) is 6.54 Å². The first kappa shape index (κ1) is 7.51. The second-order valence-electron chi connectivity index (χ2n) is 2.05. The second-order valence-corrected chi connectivity index (χ2v) is 2.83. The van der Waals surface area contributed by atoms with E-state index >= 15 is 0 Å². The zero-order chi connectivity index (χ0) is 7.23. The summed E-state index contributed by atoms with van der Waals surface area (Å²) in [5.41, 5.74) is 1.35. The molecule has 1 aromatic heterocycles. The minimum absolute atomic E-state index is 0.885. The molecule has 10 heavy (non-hydrogen) atoms. The van der Waals surface area contributed by atoms with Crippen molar-refractivity contribution in [3.63, 3.8) is 0 Å². The molecule has 2 heteroatoms. The lowest BCUT2D eigenvalue weighted by atomic mass is 10.3. The summed E-state index contributed by atoms with van der Waals surface area (Å²) in [6.45, 7) is 5.46. The molecule has 0 aromatic carbocycles. The molecule has 1 rings (SSSR count). The fraction of sp³-hybridized carbons (Fsp3) is 0.250. The Labute approximate surface area is 65.4 Å². The third-order valence-corrected chi connectivity index (χ3v) is 1.93. The number of nitrogens with one attached hydrogen (secondary N) is 1. The van der Waals surface area contributed by atoms with Crippen molar-refractivity contribution in [3.8, 4) is 0 Å². The largest absolute Gasteiger partial charge is 0.309 e. The summed E-state index contributed by atoms with van der Waals surface area (Å²) in [5, 5.41) is 7.46. The van der Waals surface area contributed by atoms with Gasteiger partial charge >= 0.3 is 0 Å². The summed E-state index contributed by atoms with van der Waals surface area (Å²) in [5.74, 6) is 0. The maximum absolute atomic E-state index is 3.62. The standard InChI is InChI=1S/C8H11NS/c1-2-4-9-6-8-3-5-10-7-8/h2-3,5,7,9H,1,4,6H2. The molecule has 0 bridgehead atoms. The van der Waals surface area contributed by atoms with Gasteiger partial charge in [-0.15, -0.1) is 6.58 Å². The Balaban J connectivity index is 2.21. The third-order valence-electron chi connectivity index (χ3n) is 1.20. The van der Waals surface area contributed by atoms with Crippen molar-refractivity contribution in [2.75, 3.05) is 6.54 Å². The average molecular weight is 153 g/mol. The highest BCUT2D eigenvalue weighted by Crippen LogP contribution is 2.04. The maximum atomic E-state index is 3.62. The van der Waals surface area contributed by atoms with Crippen LogP contribution in [0.15, 0.2) is 29.5 Å². The maximum Gasteiger partial charge on any atom is 0.0216 e. The van der Waals surface area contributed by atoms with Gasteiger partial charge in [-0.2, -0.15) is 11.3 Å². The average Bonchev–Trinajstić information content (AvgIpc) is 2.41. The molecular weight excluding hydrogens is 142 g/mol. The lowest BCUT2D eigenvalue weighted by Gasteiger charge is -1.96. The van der Waals surface area contributed by atoms with Crippen LogP contribution in [0.25, 0.3) is 0 Å². The Morgan fingerprint density at radius 3 is 3.20 bits per heavy atom. The zero-order valence-corrected chi connectivity index (χ0v) is 6.66. The van der Waals surface area contributed by atoms with Crippen LogP contribution in [0.4, 0.5) is 0 Å². The van der Waals surface area contributed by atoms with E-state index in [0.29, 0.717) is 0 Å². The fourth-order valence-corrected chi connectivity index (χ4v) is 1.38. The molecule has 0 saturated carbocycles. The molecule has 0 aliphatic rings. The van der Waals surface area contributed by atoms with Gasteiger partial charge in [0.25, 0.3) is 0 Å². The van der Waals surface area contributed by atoms with Crippen molar-refractivity contribution in [1.82, 2.24) is 5.32 Å². The van der Waals surface area contributed by atoms with E-state index in [9.17, 15) is 0 Å². The first-order valence-corrected chi connectivity index (χ1v) is 4.20. The summed E-state index contributed by atoms with van der Waals surface area (Å²) in [4.78, 5) is 0. The minimum Gasteiger partial charge on any atom is -0.309 e. The molecule has 1 N–H and O–H groups in total. The summed E-state index contributed by atoms with van der Waals surface area (Å²) < 4.78 is 0. The van der Waals surface area contributed by atoms with Gasteiger partial charge in [-0.05, 0) is 22.4 Å². The monoisotopic (exact) mass is 153 g/mol. The van der Waals surface area contributed by atoms with Gasteiger partial charge in [0, 0.05) is 13.1 Å². The minimum atomic E-state index is 0.885. The lowest BCUT2D eigenvalue weighted by Crippen LogP contribution is -2.11. The Morgan fingerprint density at radius 1 is 1.70 bits per heavy atom. The van der Waals surface area contributed by atoms with Gasteiger partial charge in [0.05, 0.1) is 0 Å². The van der Waals surface area contributed by atoms with E-state index in [0.717, 1.165) is 13.1 Å². The molecule has 0 aliphatic heterocycles. The van der Waals surface area contributed by atoms with E-state index in [2.05, 4.69) is 28.7 Å². The summed E-state index contributed by atoms with van der Waals surface area (Å²) in [7, 11) is 0. The fourth-order valence-electron chi connectivity index (χ4n) is 0.712. The molecule has 0 spiro atoms. The van der Waals surface area contributed by atoms with Gasteiger partial charge in [-0.3, -0.25) is 0 Å². The van der Waals surface area contributed by atoms with Crippen molar-refractivity contribution in [1.29, 1.82) is 0 Å². The highest BCUT2D eigenvalue weighted by atomic mass is 32.1. The molecule has 54 valence electrons. The molecule has 0 aliphatic carbocycles. The summed E-state index contributed by atoms with van der Waals surface area (Å²) >= 11 is 1.73. The van der Waals surface area contributed by atoms with Crippen LogP contribution in [0, 0.1) is 0 Å². The molecule has 0 unspecified atom stereocenters. The van der Waals surface area contributed by atoms with Gasteiger partial charge in [-0.1, -0.05) is 6.08 Å². The Kier molecular flexibility index (Phi) is 3.19.